The minimum atomic E-state index is 0.436. The van der Waals surface area contributed by atoms with Gasteiger partial charge in [0.15, 0.2) is 5.82 Å². The largest absolute Gasteiger partial charge is 0.497 e. The summed E-state index contributed by atoms with van der Waals surface area (Å²) in [5, 5.41) is 11.5. The molecule has 0 aliphatic carbocycles. The Kier molecular flexibility index (Phi) is 4.20. The summed E-state index contributed by atoms with van der Waals surface area (Å²) in [7, 11) is 3.97. The SMILES string of the molecule is COc1ccc([C@@H]2[C@@H]3CN(c4nnc(C)c5ccccc45)C[C@@H]3CN2C)cc1. The van der Waals surface area contributed by atoms with E-state index in [1.54, 1.807) is 7.11 Å². The number of likely N-dealkylation sites (tertiary alicyclic amines) is 1. The van der Waals surface area contributed by atoms with Crippen molar-refractivity contribution in [2.45, 2.75) is 13.0 Å². The number of rotatable bonds is 3. The van der Waals surface area contributed by atoms with E-state index in [0.29, 0.717) is 17.9 Å². The molecule has 3 atom stereocenters. The third-order valence-electron chi connectivity index (χ3n) is 6.50. The second-order valence-electron chi connectivity index (χ2n) is 8.14. The summed E-state index contributed by atoms with van der Waals surface area (Å²) >= 11 is 0. The maximum absolute atomic E-state index is 5.33. The number of aromatic nitrogens is 2. The average molecular weight is 374 g/mol. The fraction of sp³-hybridized carbons (Fsp3) is 0.391. The van der Waals surface area contributed by atoms with Crippen molar-refractivity contribution >= 4 is 16.6 Å². The number of methoxy groups -OCH3 is 1. The van der Waals surface area contributed by atoms with Crippen LogP contribution in [0.2, 0.25) is 0 Å². The summed E-state index contributed by atoms with van der Waals surface area (Å²) in [6.07, 6.45) is 0. The first-order valence-corrected chi connectivity index (χ1v) is 9.97. The first-order chi connectivity index (χ1) is 13.7. The van der Waals surface area contributed by atoms with Gasteiger partial charge in [-0.1, -0.05) is 36.4 Å². The minimum Gasteiger partial charge on any atom is -0.497 e. The molecule has 1 aromatic heterocycles. The second kappa shape index (κ2) is 6.74. The van der Waals surface area contributed by atoms with E-state index in [2.05, 4.69) is 75.6 Å². The van der Waals surface area contributed by atoms with Gasteiger partial charge in [0.2, 0.25) is 0 Å². The van der Waals surface area contributed by atoms with E-state index in [0.717, 1.165) is 36.9 Å². The van der Waals surface area contributed by atoms with E-state index in [1.807, 2.05) is 6.92 Å². The van der Waals surface area contributed by atoms with Gasteiger partial charge in [0, 0.05) is 42.4 Å². The predicted octanol–water partition coefficient (Wildman–Crippen LogP) is 3.69. The fourth-order valence-electron chi connectivity index (χ4n) is 5.19. The highest BCUT2D eigenvalue weighted by Gasteiger charge is 2.46. The van der Waals surface area contributed by atoms with Crippen LogP contribution in [0.15, 0.2) is 48.5 Å². The molecule has 5 rings (SSSR count). The number of hydrogen-bond donors (Lipinski definition) is 0. The molecular formula is C23H26N4O. The fourth-order valence-corrected chi connectivity index (χ4v) is 5.19. The molecule has 2 aliphatic rings. The van der Waals surface area contributed by atoms with Gasteiger partial charge < -0.3 is 9.64 Å². The Hall–Kier alpha value is -2.66. The zero-order valence-electron chi connectivity index (χ0n) is 16.7. The third-order valence-corrected chi connectivity index (χ3v) is 6.50. The van der Waals surface area contributed by atoms with Crippen LogP contribution in [0.5, 0.6) is 5.75 Å². The third kappa shape index (κ3) is 2.73. The highest BCUT2D eigenvalue weighted by Crippen LogP contribution is 2.45. The summed E-state index contributed by atoms with van der Waals surface area (Å²) in [4.78, 5) is 4.96. The van der Waals surface area contributed by atoms with Crippen molar-refractivity contribution in [3.05, 3.63) is 59.8 Å². The van der Waals surface area contributed by atoms with Crippen LogP contribution in [0.1, 0.15) is 17.3 Å². The summed E-state index contributed by atoms with van der Waals surface area (Å²) in [5.41, 5.74) is 2.37. The average Bonchev–Trinajstić information content (AvgIpc) is 3.25. The highest BCUT2D eigenvalue weighted by molar-refractivity contribution is 5.93. The monoisotopic (exact) mass is 374 g/mol. The molecule has 5 heteroatoms. The normalized spacial score (nSPS) is 24.7. The van der Waals surface area contributed by atoms with Gasteiger partial charge in [-0.3, -0.25) is 4.90 Å². The zero-order valence-corrected chi connectivity index (χ0v) is 16.7. The molecule has 2 aliphatic heterocycles. The molecule has 2 aromatic carbocycles. The number of aryl methyl sites for hydroxylation is 1. The molecule has 0 bridgehead atoms. The van der Waals surface area contributed by atoms with Crippen LogP contribution in [-0.4, -0.2) is 48.9 Å². The Morgan fingerprint density at radius 1 is 0.929 bits per heavy atom. The Labute approximate surface area is 165 Å². The summed E-state index contributed by atoms with van der Waals surface area (Å²) in [6, 6.07) is 17.5. The van der Waals surface area contributed by atoms with Crippen molar-refractivity contribution in [3.63, 3.8) is 0 Å². The molecule has 0 N–H and O–H groups in total. The first kappa shape index (κ1) is 17.4. The van der Waals surface area contributed by atoms with Gasteiger partial charge >= 0.3 is 0 Å². The van der Waals surface area contributed by atoms with Gasteiger partial charge in [-0.2, -0.15) is 5.10 Å². The highest BCUT2D eigenvalue weighted by atomic mass is 16.5. The van der Waals surface area contributed by atoms with Crippen molar-refractivity contribution in [1.29, 1.82) is 0 Å². The molecular weight excluding hydrogens is 348 g/mol. The maximum Gasteiger partial charge on any atom is 0.159 e. The van der Waals surface area contributed by atoms with Crippen molar-refractivity contribution < 1.29 is 4.74 Å². The Bertz CT molecular complexity index is 1000. The number of fused-ring (bicyclic) bond motifs is 2. The molecule has 28 heavy (non-hydrogen) atoms. The molecule has 3 aromatic rings. The quantitative estimate of drug-likeness (QED) is 0.699. The standard InChI is InChI=1S/C23H26N4O/c1-15-19-6-4-5-7-20(19)23(25-24-15)27-13-17-12-26(2)22(21(17)14-27)16-8-10-18(28-3)11-9-16/h4-11,17,21-22H,12-14H2,1-3H3/t17-,21+,22+/m0/s1. The van der Waals surface area contributed by atoms with Gasteiger partial charge in [-0.05, 0) is 37.6 Å². The maximum atomic E-state index is 5.33. The zero-order chi connectivity index (χ0) is 19.3. The molecule has 3 heterocycles. The van der Waals surface area contributed by atoms with Gasteiger partial charge in [-0.15, -0.1) is 5.10 Å². The van der Waals surface area contributed by atoms with Crippen LogP contribution in [0.3, 0.4) is 0 Å². The number of hydrogen-bond acceptors (Lipinski definition) is 5. The van der Waals surface area contributed by atoms with Gasteiger partial charge in [0.25, 0.3) is 0 Å². The van der Waals surface area contributed by atoms with Crippen molar-refractivity contribution in [1.82, 2.24) is 15.1 Å². The summed E-state index contributed by atoms with van der Waals surface area (Å²) in [5.74, 6) is 3.20. The lowest BCUT2D eigenvalue weighted by Gasteiger charge is -2.27. The molecule has 2 saturated heterocycles. The molecule has 0 spiro atoms. The molecule has 144 valence electrons. The summed E-state index contributed by atoms with van der Waals surface area (Å²) < 4.78 is 5.33. The van der Waals surface area contributed by atoms with Crippen LogP contribution in [0, 0.1) is 18.8 Å². The molecule has 5 nitrogen and oxygen atoms in total. The lowest BCUT2D eigenvalue weighted by molar-refractivity contribution is 0.279. The van der Waals surface area contributed by atoms with Gasteiger partial charge in [0.05, 0.1) is 12.8 Å². The predicted molar refractivity (Wildman–Crippen MR) is 112 cm³/mol. The molecule has 0 saturated carbocycles. The Morgan fingerprint density at radius 2 is 1.68 bits per heavy atom. The van der Waals surface area contributed by atoms with Crippen LogP contribution >= 0.6 is 0 Å². The van der Waals surface area contributed by atoms with Crippen molar-refractivity contribution in [2.24, 2.45) is 11.8 Å². The van der Waals surface area contributed by atoms with E-state index in [-0.39, 0.29) is 0 Å². The Morgan fingerprint density at radius 3 is 2.43 bits per heavy atom. The molecule has 0 amide bonds. The van der Waals surface area contributed by atoms with E-state index < -0.39 is 0 Å². The molecule has 0 radical (unpaired) electrons. The summed E-state index contributed by atoms with van der Waals surface area (Å²) in [6.45, 7) is 5.22. The number of anilines is 1. The Balaban J connectivity index is 1.46. The number of nitrogens with zero attached hydrogens (tertiary/aromatic N) is 4. The number of benzene rings is 2. The first-order valence-electron chi connectivity index (χ1n) is 9.97. The van der Waals surface area contributed by atoms with Crippen LogP contribution in [0.4, 0.5) is 5.82 Å². The second-order valence-corrected chi connectivity index (χ2v) is 8.14. The van der Waals surface area contributed by atoms with Gasteiger partial charge in [-0.25, -0.2) is 0 Å². The molecule has 2 fully saturated rings. The van der Waals surface area contributed by atoms with E-state index in [1.165, 1.54) is 16.3 Å². The van der Waals surface area contributed by atoms with Crippen LogP contribution in [0.25, 0.3) is 10.8 Å². The van der Waals surface area contributed by atoms with E-state index in [4.69, 9.17) is 4.74 Å². The van der Waals surface area contributed by atoms with Crippen LogP contribution in [-0.2, 0) is 0 Å². The number of ether oxygens (including phenoxy) is 1. The van der Waals surface area contributed by atoms with Gasteiger partial charge in [0.1, 0.15) is 5.75 Å². The van der Waals surface area contributed by atoms with E-state index in [9.17, 15) is 0 Å². The lowest BCUT2D eigenvalue weighted by atomic mass is 9.89. The lowest BCUT2D eigenvalue weighted by Crippen LogP contribution is -2.29. The van der Waals surface area contributed by atoms with Crippen LogP contribution < -0.4 is 9.64 Å². The topological polar surface area (TPSA) is 41.5 Å². The van der Waals surface area contributed by atoms with E-state index >= 15 is 0 Å². The minimum absolute atomic E-state index is 0.436. The van der Waals surface area contributed by atoms with Crippen molar-refractivity contribution in [3.8, 4) is 5.75 Å². The smallest absolute Gasteiger partial charge is 0.159 e. The molecule has 0 unspecified atom stereocenters. The van der Waals surface area contributed by atoms with Crippen molar-refractivity contribution in [2.75, 3.05) is 38.7 Å².